The molecule has 0 amide bonds. The Labute approximate surface area is 107 Å². The highest BCUT2D eigenvalue weighted by Gasteiger charge is 2.40. The van der Waals surface area contributed by atoms with Crippen molar-refractivity contribution in [3.8, 4) is 6.07 Å². The van der Waals surface area contributed by atoms with Crippen molar-refractivity contribution in [1.29, 1.82) is 5.26 Å². The van der Waals surface area contributed by atoms with Crippen molar-refractivity contribution in [2.45, 2.75) is 25.9 Å². The molecule has 0 aromatic heterocycles. The summed E-state index contributed by atoms with van der Waals surface area (Å²) in [6.45, 7) is 3.54. The van der Waals surface area contributed by atoms with Crippen molar-refractivity contribution < 1.29 is 13.9 Å². The van der Waals surface area contributed by atoms with Crippen molar-refractivity contribution in [1.82, 2.24) is 0 Å². The third-order valence-corrected chi connectivity index (χ3v) is 5.30. The summed E-state index contributed by atoms with van der Waals surface area (Å²) < 4.78 is 18.2. The van der Waals surface area contributed by atoms with Crippen LogP contribution in [0.2, 0.25) is 0 Å². The highest BCUT2D eigenvalue weighted by atomic mass is 31.2. The van der Waals surface area contributed by atoms with Gasteiger partial charge in [-0.25, -0.2) is 0 Å². The number of carbonyl (C=O) groups is 1. The van der Waals surface area contributed by atoms with Crippen LogP contribution in [0.1, 0.15) is 20.3 Å². The van der Waals surface area contributed by atoms with Crippen molar-refractivity contribution in [3.05, 3.63) is 30.3 Å². The maximum Gasteiger partial charge on any atom is 0.256 e. The average Bonchev–Trinajstić information content (AvgIpc) is 2.40. The molecule has 0 spiro atoms. The minimum absolute atomic E-state index is 0.169. The van der Waals surface area contributed by atoms with E-state index in [1.807, 2.05) is 6.07 Å². The lowest BCUT2D eigenvalue weighted by molar-refractivity contribution is -0.117. The third-order valence-electron chi connectivity index (χ3n) is 2.55. The standard InChI is InChI=1S/C13H16NO3P/c1-3-12(15)13(10-14)18(16,17-4-2)11-8-6-5-7-9-11/h5-9,13H,3-4H2,1-2H3/t13-,18+/m1/s1. The maximum atomic E-state index is 12.9. The van der Waals surface area contributed by atoms with Crippen LogP contribution < -0.4 is 5.30 Å². The number of hydrogen-bond acceptors (Lipinski definition) is 4. The van der Waals surface area contributed by atoms with Gasteiger partial charge in [0.15, 0.2) is 11.4 Å². The first kappa shape index (κ1) is 14.6. The molecule has 4 nitrogen and oxygen atoms in total. The smallest absolute Gasteiger partial charge is 0.256 e. The number of nitrogens with zero attached hydrogens (tertiary/aromatic N) is 1. The molecule has 1 aromatic carbocycles. The highest BCUT2D eigenvalue weighted by molar-refractivity contribution is 7.68. The Morgan fingerprint density at radius 1 is 1.39 bits per heavy atom. The summed E-state index contributed by atoms with van der Waals surface area (Å²) in [6.07, 6.45) is 0.169. The first-order chi connectivity index (χ1) is 8.60. The second-order valence-electron chi connectivity index (χ2n) is 3.70. The fraction of sp³-hybridized carbons (Fsp3) is 0.385. The van der Waals surface area contributed by atoms with E-state index >= 15 is 0 Å². The summed E-state index contributed by atoms with van der Waals surface area (Å²) in [4.78, 5) is 11.8. The third kappa shape index (κ3) is 2.87. The van der Waals surface area contributed by atoms with E-state index in [4.69, 9.17) is 9.79 Å². The molecule has 0 N–H and O–H groups in total. The molecule has 0 aliphatic heterocycles. The lowest BCUT2D eigenvalue weighted by Gasteiger charge is -2.21. The van der Waals surface area contributed by atoms with E-state index in [0.717, 1.165) is 0 Å². The van der Waals surface area contributed by atoms with Crippen LogP contribution >= 0.6 is 7.37 Å². The van der Waals surface area contributed by atoms with Crippen molar-refractivity contribution in [3.63, 3.8) is 0 Å². The van der Waals surface area contributed by atoms with Gasteiger partial charge in [0.1, 0.15) is 0 Å². The number of carbonyl (C=O) groups excluding carboxylic acids is 1. The maximum absolute atomic E-state index is 12.9. The van der Waals surface area contributed by atoms with E-state index < -0.39 is 13.0 Å². The molecule has 0 radical (unpaired) electrons. The molecule has 1 aromatic rings. The van der Waals surface area contributed by atoms with E-state index in [9.17, 15) is 9.36 Å². The molecular formula is C13H16NO3P. The predicted octanol–water partition coefficient (Wildman–Crippen LogP) is 2.50. The number of benzene rings is 1. The zero-order valence-corrected chi connectivity index (χ0v) is 11.4. The van der Waals surface area contributed by atoms with Gasteiger partial charge in [-0.15, -0.1) is 0 Å². The van der Waals surface area contributed by atoms with Crippen molar-refractivity contribution in [2.24, 2.45) is 0 Å². The Balaban J connectivity index is 3.27. The van der Waals surface area contributed by atoms with Crippen LogP contribution in [-0.4, -0.2) is 18.0 Å². The summed E-state index contributed by atoms with van der Waals surface area (Å²) in [5.41, 5.74) is -1.22. The summed E-state index contributed by atoms with van der Waals surface area (Å²) >= 11 is 0. The SMILES string of the molecule is CCO[P@@](=O)(c1ccccc1)[C@H](C#N)C(=O)CC. The Bertz CT molecular complexity index is 493. The fourth-order valence-electron chi connectivity index (χ4n) is 1.66. The van der Waals surface area contributed by atoms with Gasteiger partial charge in [-0.05, 0) is 19.1 Å². The van der Waals surface area contributed by atoms with Gasteiger partial charge in [-0.3, -0.25) is 9.36 Å². The predicted molar refractivity (Wildman–Crippen MR) is 70.0 cm³/mol. The number of rotatable bonds is 6. The Kier molecular flexibility index (Phi) is 5.27. The van der Waals surface area contributed by atoms with Crippen molar-refractivity contribution in [2.75, 3.05) is 6.61 Å². The average molecular weight is 265 g/mol. The molecule has 0 saturated carbocycles. The Morgan fingerprint density at radius 3 is 2.44 bits per heavy atom. The number of Topliss-reactive ketones (excluding diaryl/α,β-unsaturated/α-hetero) is 1. The quantitative estimate of drug-likeness (QED) is 0.741. The topological polar surface area (TPSA) is 67.2 Å². The van der Waals surface area contributed by atoms with E-state index in [1.54, 1.807) is 44.2 Å². The van der Waals surface area contributed by atoms with Gasteiger partial charge in [0.2, 0.25) is 0 Å². The second-order valence-corrected chi connectivity index (χ2v) is 6.19. The van der Waals surface area contributed by atoms with Crippen LogP contribution in [-0.2, 0) is 13.9 Å². The van der Waals surface area contributed by atoms with Gasteiger partial charge in [0, 0.05) is 11.7 Å². The number of ketones is 1. The summed E-state index contributed by atoms with van der Waals surface area (Å²) in [6, 6.07) is 10.3. The zero-order valence-electron chi connectivity index (χ0n) is 10.5. The van der Waals surface area contributed by atoms with Gasteiger partial charge >= 0.3 is 0 Å². The second kappa shape index (κ2) is 6.49. The Morgan fingerprint density at radius 2 is 2.00 bits per heavy atom. The molecule has 18 heavy (non-hydrogen) atoms. The monoisotopic (exact) mass is 265 g/mol. The van der Waals surface area contributed by atoms with Gasteiger partial charge < -0.3 is 4.52 Å². The molecule has 0 fully saturated rings. The van der Waals surface area contributed by atoms with Gasteiger partial charge in [-0.2, -0.15) is 5.26 Å². The normalized spacial score (nSPS) is 15.4. The number of hydrogen-bond donors (Lipinski definition) is 0. The molecule has 0 bridgehead atoms. The minimum atomic E-state index is -3.47. The molecule has 96 valence electrons. The summed E-state index contributed by atoms with van der Waals surface area (Å²) in [7, 11) is -3.47. The zero-order chi connectivity index (χ0) is 13.6. The number of nitriles is 1. The minimum Gasteiger partial charge on any atom is -0.324 e. The van der Waals surface area contributed by atoms with E-state index in [1.165, 1.54) is 0 Å². The van der Waals surface area contributed by atoms with Crippen LogP contribution in [0.4, 0.5) is 0 Å². The van der Waals surface area contributed by atoms with Crippen LogP contribution in [0, 0.1) is 11.3 Å². The summed E-state index contributed by atoms with van der Waals surface area (Å²) in [5, 5.41) is 9.54. The van der Waals surface area contributed by atoms with Crippen LogP contribution in [0.3, 0.4) is 0 Å². The van der Waals surface area contributed by atoms with Crippen LogP contribution in [0.25, 0.3) is 0 Å². The molecule has 0 aliphatic carbocycles. The molecule has 0 unspecified atom stereocenters. The van der Waals surface area contributed by atoms with Gasteiger partial charge in [0.25, 0.3) is 7.37 Å². The Hall–Kier alpha value is -1.43. The lowest BCUT2D eigenvalue weighted by atomic mass is 10.2. The summed E-state index contributed by atoms with van der Waals surface area (Å²) in [5.74, 6) is -0.349. The largest absolute Gasteiger partial charge is 0.324 e. The molecule has 0 saturated heterocycles. The molecule has 5 heteroatoms. The van der Waals surface area contributed by atoms with Crippen molar-refractivity contribution >= 4 is 18.5 Å². The molecule has 0 heterocycles. The first-order valence-electron chi connectivity index (χ1n) is 5.82. The van der Waals surface area contributed by atoms with Crippen LogP contribution in [0.15, 0.2) is 30.3 Å². The molecule has 1 rings (SSSR count). The van der Waals surface area contributed by atoms with E-state index in [2.05, 4.69) is 0 Å². The lowest BCUT2D eigenvalue weighted by Crippen LogP contribution is -2.25. The van der Waals surface area contributed by atoms with Gasteiger partial charge in [-0.1, -0.05) is 25.1 Å². The molecular weight excluding hydrogens is 249 g/mol. The molecule has 2 atom stereocenters. The van der Waals surface area contributed by atoms with Crippen LogP contribution in [0.5, 0.6) is 0 Å². The van der Waals surface area contributed by atoms with E-state index in [-0.39, 0.29) is 18.8 Å². The fourth-order valence-corrected chi connectivity index (χ4v) is 3.94. The van der Waals surface area contributed by atoms with E-state index in [0.29, 0.717) is 5.30 Å². The molecule has 0 aliphatic rings. The van der Waals surface area contributed by atoms with Gasteiger partial charge in [0.05, 0.1) is 12.7 Å². The first-order valence-corrected chi connectivity index (χ1v) is 7.51. The highest BCUT2D eigenvalue weighted by Crippen LogP contribution is 2.51.